The SMILES string of the molecule is Cc1ccc(S(=O)(=O)N(C)CC(=O)NNC(=O)Cc2nc(-c3ccccc3)oc2C)cc1. The highest BCUT2D eigenvalue weighted by atomic mass is 32.2. The van der Waals surface area contributed by atoms with Crippen molar-refractivity contribution in [2.45, 2.75) is 25.2 Å². The minimum absolute atomic E-state index is 0.0816. The summed E-state index contributed by atoms with van der Waals surface area (Å²) in [6.45, 7) is 3.09. The van der Waals surface area contributed by atoms with Crippen LogP contribution in [-0.2, 0) is 26.0 Å². The molecule has 2 amide bonds. The average Bonchev–Trinajstić information content (AvgIpc) is 3.13. The number of nitrogens with one attached hydrogen (secondary N) is 2. The van der Waals surface area contributed by atoms with Crippen LogP contribution in [0.5, 0.6) is 0 Å². The molecule has 0 fully saturated rings. The Balaban J connectivity index is 1.53. The van der Waals surface area contributed by atoms with E-state index >= 15 is 0 Å². The predicted molar refractivity (Wildman–Crippen MR) is 118 cm³/mol. The van der Waals surface area contributed by atoms with Gasteiger partial charge in [-0.1, -0.05) is 35.9 Å². The van der Waals surface area contributed by atoms with E-state index in [9.17, 15) is 18.0 Å². The molecule has 3 rings (SSSR count). The van der Waals surface area contributed by atoms with Crippen LogP contribution in [0.3, 0.4) is 0 Å². The quantitative estimate of drug-likeness (QED) is 0.524. The molecule has 168 valence electrons. The molecule has 0 aliphatic carbocycles. The van der Waals surface area contributed by atoms with E-state index in [0.717, 1.165) is 15.4 Å². The van der Waals surface area contributed by atoms with Crippen molar-refractivity contribution in [1.29, 1.82) is 0 Å². The molecule has 0 spiro atoms. The summed E-state index contributed by atoms with van der Waals surface area (Å²) in [5.41, 5.74) is 6.64. The first-order valence-corrected chi connectivity index (χ1v) is 11.2. The van der Waals surface area contributed by atoms with Gasteiger partial charge in [0.25, 0.3) is 5.91 Å². The number of oxazole rings is 1. The van der Waals surface area contributed by atoms with Crippen LogP contribution in [0.1, 0.15) is 17.0 Å². The maximum absolute atomic E-state index is 12.6. The summed E-state index contributed by atoms with van der Waals surface area (Å²) in [5.74, 6) is -0.302. The van der Waals surface area contributed by atoms with Crippen molar-refractivity contribution in [1.82, 2.24) is 20.1 Å². The number of sulfonamides is 1. The van der Waals surface area contributed by atoms with E-state index in [4.69, 9.17) is 4.42 Å². The monoisotopic (exact) mass is 456 g/mol. The molecule has 0 bridgehead atoms. The van der Waals surface area contributed by atoms with Crippen LogP contribution in [0.25, 0.3) is 11.5 Å². The van der Waals surface area contributed by atoms with Crippen molar-refractivity contribution in [2.24, 2.45) is 0 Å². The molecule has 0 unspecified atom stereocenters. The Hall–Kier alpha value is -3.50. The third-order valence-electron chi connectivity index (χ3n) is 4.68. The lowest BCUT2D eigenvalue weighted by molar-refractivity contribution is -0.128. The van der Waals surface area contributed by atoms with Gasteiger partial charge >= 0.3 is 0 Å². The number of aromatic nitrogens is 1. The molecular weight excluding hydrogens is 432 g/mol. The molecule has 1 aromatic heterocycles. The lowest BCUT2D eigenvalue weighted by Crippen LogP contribution is -2.47. The second-order valence-corrected chi connectivity index (χ2v) is 9.28. The van der Waals surface area contributed by atoms with Crippen LogP contribution < -0.4 is 10.9 Å². The zero-order chi connectivity index (χ0) is 23.3. The van der Waals surface area contributed by atoms with Gasteiger partial charge < -0.3 is 4.42 Å². The Labute approximate surface area is 186 Å². The molecule has 9 nitrogen and oxygen atoms in total. The maximum Gasteiger partial charge on any atom is 0.253 e. The van der Waals surface area contributed by atoms with Crippen molar-refractivity contribution in [3.63, 3.8) is 0 Å². The minimum atomic E-state index is -3.83. The summed E-state index contributed by atoms with van der Waals surface area (Å²) in [6, 6.07) is 15.6. The van der Waals surface area contributed by atoms with Gasteiger partial charge in [-0.3, -0.25) is 20.4 Å². The topological polar surface area (TPSA) is 122 Å². The molecular formula is C22H24N4O5S. The predicted octanol–water partition coefficient (Wildman–Crippen LogP) is 1.97. The highest BCUT2D eigenvalue weighted by molar-refractivity contribution is 7.89. The summed E-state index contributed by atoms with van der Waals surface area (Å²) in [6.07, 6.45) is -0.111. The van der Waals surface area contributed by atoms with Crippen molar-refractivity contribution in [3.8, 4) is 11.5 Å². The molecule has 0 aliphatic rings. The zero-order valence-electron chi connectivity index (χ0n) is 18.0. The first kappa shape index (κ1) is 23.2. The van der Waals surface area contributed by atoms with E-state index in [-0.39, 0.29) is 11.3 Å². The summed E-state index contributed by atoms with van der Waals surface area (Å²) in [5, 5.41) is 0. The number of hydrogen-bond donors (Lipinski definition) is 2. The number of likely N-dealkylation sites (N-methyl/N-ethyl adjacent to an activating group) is 1. The Morgan fingerprint density at radius 1 is 0.969 bits per heavy atom. The number of benzene rings is 2. The Kier molecular flexibility index (Phi) is 7.06. The molecule has 32 heavy (non-hydrogen) atoms. The van der Waals surface area contributed by atoms with Gasteiger partial charge in [-0.2, -0.15) is 4.31 Å². The first-order chi connectivity index (χ1) is 15.2. The number of hydrazine groups is 1. The summed E-state index contributed by atoms with van der Waals surface area (Å²) in [4.78, 5) is 28.8. The zero-order valence-corrected chi connectivity index (χ0v) is 18.8. The second-order valence-electron chi connectivity index (χ2n) is 7.24. The molecule has 0 atom stereocenters. The standard InChI is InChI=1S/C22H24N4O5S/c1-15-9-11-18(12-10-15)32(29,30)26(3)14-21(28)25-24-20(27)13-19-16(2)31-22(23-19)17-7-5-4-6-8-17/h4-12H,13-14H2,1-3H3,(H,24,27)(H,25,28). The number of rotatable bonds is 7. The highest BCUT2D eigenvalue weighted by Gasteiger charge is 2.23. The third-order valence-corrected chi connectivity index (χ3v) is 6.50. The van der Waals surface area contributed by atoms with Gasteiger partial charge in [0, 0.05) is 12.6 Å². The van der Waals surface area contributed by atoms with E-state index in [1.54, 1.807) is 19.1 Å². The number of nitrogens with zero attached hydrogens (tertiary/aromatic N) is 2. The molecule has 1 heterocycles. The summed E-state index contributed by atoms with van der Waals surface area (Å²) >= 11 is 0. The number of amides is 2. The van der Waals surface area contributed by atoms with Gasteiger partial charge in [0.2, 0.25) is 21.8 Å². The summed E-state index contributed by atoms with van der Waals surface area (Å²) in [7, 11) is -2.54. The Bertz CT molecular complexity index is 1200. The van der Waals surface area contributed by atoms with E-state index in [1.807, 2.05) is 37.3 Å². The van der Waals surface area contributed by atoms with E-state index in [1.165, 1.54) is 19.2 Å². The third kappa shape index (κ3) is 5.59. The smallest absolute Gasteiger partial charge is 0.253 e. The largest absolute Gasteiger partial charge is 0.441 e. The van der Waals surface area contributed by atoms with Gasteiger partial charge in [0.1, 0.15) is 5.76 Å². The van der Waals surface area contributed by atoms with Crippen LogP contribution in [0.15, 0.2) is 63.9 Å². The minimum Gasteiger partial charge on any atom is -0.441 e. The van der Waals surface area contributed by atoms with Gasteiger partial charge in [-0.15, -0.1) is 0 Å². The van der Waals surface area contributed by atoms with Crippen LogP contribution in [-0.4, -0.2) is 43.1 Å². The fourth-order valence-electron chi connectivity index (χ4n) is 2.85. The average molecular weight is 457 g/mol. The van der Waals surface area contributed by atoms with Crippen molar-refractivity contribution in [2.75, 3.05) is 13.6 Å². The number of carbonyl (C=O) groups is 2. The van der Waals surface area contributed by atoms with Gasteiger partial charge in [0.15, 0.2) is 0 Å². The maximum atomic E-state index is 12.6. The lowest BCUT2D eigenvalue weighted by atomic mass is 10.2. The molecule has 0 saturated carbocycles. The van der Waals surface area contributed by atoms with Crippen LogP contribution >= 0.6 is 0 Å². The van der Waals surface area contributed by atoms with Crippen molar-refractivity contribution in [3.05, 3.63) is 71.6 Å². The second kappa shape index (κ2) is 9.75. The molecule has 0 saturated heterocycles. The fourth-order valence-corrected chi connectivity index (χ4v) is 3.98. The number of carbonyl (C=O) groups excluding carboxylic acids is 2. The lowest BCUT2D eigenvalue weighted by Gasteiger charge is -2.17. The number of hydrogen-bond acceptors (Lipinski definition) is 6. The Morgan fingerprint density at radius 2 is 1.59 bits per heavy atom. The normalized spacial score (nSPS) is 11.4. The molecule has 0 radical (unpaired) electrons. The molecule has 3 aromatic rings. The highest BCUT2D eigenvalue weighted by Crippen LogP contribution is 2.21. The van der Waals surface area contributed by atoms with Crippen molar-refractivity contribution >= 4 is 21.8 Å². The van der Waals surface area contributed by atoms with E-state index in [0.29, 0.717) is 17.3 Å². The molecule has 0 aliphatic heterocycles. The van der Waals surface area contributed by atoms with E-state index in [2.05, 4.69) is 15.8 Å². The van der Waals surface area contributed by atoms with Gasteiger partial charge in [0.05, 0.1) is 23.6 Å². The van der Waals surface area contributed by atoms with Crippen molar-refractivity contribution < 1.29 is 22.4 Å². The van der Waals surface area contributed by atoms with Crippen LogP contribution in [0, 0.1) is 13.8 Å². The van der Waals surface area contributed by atoms with E-state index < -0.39 is 28.4 Å². The first-order valence-electron chi connectivity index (χ1n) is 9.79. The fraction of sp³-hybridized carbons (Fsp3) is 0.227. The summed E-state index contributed by atoms with van der Waals surface area (Å²) < 4.78 is 31.6. The molecule has 2 N–H and O–H groups in total. The molecule has 2 aromatic carbocycles. The van der Waals surface area contributed by atoms with Gasteiger partial charge in [-0.05, 0) is 38.1 Å². The van der Waals surface area contributed by atoms with Gasteiger partial charge in [-0.25, -0.2) is 13.4 Å². The Morgan fingerprint density at radius 3 is 2.25 bits per heavy atom. The number of aryl methyl sites for hydroxylation is 2. The van der Waals surface area contributed by atoms with Crippen LogP contribution in [0.2, 0.25) is 0 Å². The van der Waals surface area contributed by atoms with Crippen LogP contribution in [0.4, 0.5) is 0 Å². The molecule has 10 heteroatoms.